The Kier molecular flexibility index (Phi) is 4.00. The van der Waals surface area contributed by atoms with Crippen LogP contribution in [-0.2, 0) is 4.79 Å². The van der Waals surface area contributed by atoms with Gasteiger partial charge in [0.15, 0.2) is 11.5 Å². The lowest BCUT2D eigenvalue weighted by atomic mass is 10.0. The lowest BCUT2D eigenvalue weighted by molar-refractivity contribution is -0.123. The molecule has 2 amide bonds. The van der Waals surface area contributed by atoms with Crippen LogP contribution in [0.1, 0.15) is 36.0 Å². The fraction of sp³-hybridized carbons (Fsp3) is 0.529. The van der Waals surface area contributed by atoms with Crippen molar-refractivity contribution in [1.82, 2.24) is 10.2 Å². The number of hydrogen-bond donors (Lipinski definition) is 1. The van der Waals surface area contributed by atoms with Crippen molar-refractivity contribution < 1.29 is 19.1 Å². The highest BCUT2D eigenvalue weighted by Gasteiger charge is 2.32. The first-order valence-electron chi connectivity index (χ1n) is 8.30. The maximum atomic E-state index is 12.7. The van der Waals surface area contributed by atoms with E-state index in [0.29, 0.717) is 35.2 Å². The van der Waals surface area contributed by atoms with Gasteiger partial charge >= 0.3 is 0 Å². The van der Waals surface area contributed by atoms with Gasteiger partial charge in [-0.15, -0.1) is 0 Å². The van der Waals surface area contributed by atoms with E-state index in [4.69, 9.17) is 21.1 Å². The summed E-state index contributed by atoms with van der Waals surface area (Å²) >= 11 is 6.15. The highest BCUT2D eigenvalue weighted by Crippen LogP contribution is 2.40. The van der Waals surface area contributed by atoms with E-state index in [9.17, 15) is 9.59 Å². The number of ether oxygens (including phenoxy) is 2. The molecule has 0 spiro atoms. The summed E-state index contributed by atoms with van der Waals surface area (Å²) in [6, 6.07) is 3.47. The fourth-order valence-electron chi connectivity index (χ4n) is 3.16. The van der Waals surface area contributed by atoms with Crippen LogP contribution >= 0.6 is 11.6 Å². The van der Waals surface area contributed by atoms with Crippen molar-refractivity contribution in [1.29, 1.82) is 0 Å². The molecule has 1 aromatic rings. The summed E-state index contributed by atoms with van der Waals surface area (Å²) in [7, 11) is 0. The van der Waals surface area contributed by atoms with Gasteiger partial charge in [-0.2, -0.15) is 0 Å². The first-order chi connectivity index (χ1) is 11.6. The van der Waals surface area contributed by atoms with Gasteiger partial charge in [0.25, 0.3) is 5.91 Å². The molecule has 1 aliphatic carbocycles. The second kappa shape index (κ2) is 6.16. The molecule has 1 saturated carbocycles. The van der Waals surface area contributed by atoms with Crippen LogP contribution in [0.4, 0.5) is 0 Å². The molecule has 1 saturated heterocycles. The highest BCUT2D eigenvalue weighted by atomic mass is 35.5. The topological polar surface area (TPSA) is 67.9 Å². The van der Waals surface area contributed by atoms with Crippen molar-refractivity contribution in [2.24, 2.45) is 5.92 Å². The van der Waals surface area contributed by atoms with E-state index in [2.05, 4.69) is 5.32 Å². The third-order valence-corrected chi connectivity index (χ3v) is 5.03. The van der Waals surface area contributed by atoms with Gasteiger partial charge in [0.05, 0.1) is 5.02 Å². The number of hydrogen-bond acceptors (Lipinski definition) is 4. The molecular weight excluding hydrogens is 332 g/mol. The van der Waals surface area contributed by atoms with Crippen molar-refractivity contribution in [2.45, 2.75) is 31.7 Å². The van der Waals surface area contributed by atoms with Crippen LogP contribution in [0.25, 0.3) is 0 Å². The Morgan fingerprint density at radius 1 is 1.12 bits per heavy atom. The van der Waals surface area contributed by atoms with Crippen LogP contribution in [0.3, 0.4) is 0 Å². The Bertz CT molecular complexity index is 681. The molecule has 0 bridgehead atoms. The smallest absolute Gasteiger partial charge is 0.254 e. The number of fused-ring (bicyclic) bond motifs is 1. The first-order valence-corrected chi connectivity index (χ1v) is 8.68. The number of halogens is 1. The number of benzene rings is 1. The Labute approximate surface area is 145 Å². The quantitative estimate of drug-likeness (QED) is 0.907. The molecule has 2 heterocycles. The minimum atomic E-state index is -0.0674. The zero-order valence-electron chi connectivity index (χ0n) is 13.2. The van der Waals surface area contributed by atoms with Gasteiger partial charge in [-0.1, -0.05) is 11.6 Å². The Hall–Kier alpha value is -1.95. The van der Waals surface area contributed by atoms with Crippen molar-refractivity contribution in [3.8, 4) is 11.5 Å². The molecule has 24 heavy (non-hydrogen) atoms. The number of rotatable bonds is 3. The van der Waals surface area contributed by atoms with Crippen molar-refractivity contribution >= 4 is 23.4 Å². The summed E-state index contributed by atoms with van der Waals surface area (Å²) in [5.74, 6) is 1.33. The normalized spacial score (nSPS) is 20.1. The van der Waals surface area contributed by atoms with E-state index < -0.39 is 0 Å². The van der Waals surface area contributed by atoms with Gasteiger partial charge in [0.2, 0.25) is 12.7 Å². The van der Waals surface area contributed by atoms with Crippen molar-refractivity contribution in [3.05, 3.63) is 22.7 Å². The third kappa shape index (κ3) is 3.02. The van der Waals surface area contributed by atoms with E-state index in [1.165, 1.54) is 0 Å². The van der Waals surface area contributed by atoms with E-state index in [-0.39, 0.29) is 30.6 Å². The zero-order chi connectivity index (χ0) is 16.7. The lowest BCUT2D eigenvalue weighted by Crippen LogP contribution is -2.46. The molecular formula is C17H19ClN2O4. The molecule has 1 aromatic carbocycles. The molecule has 6 nitrogen and oxygen atoms in total. The van der Waals surface area contributed by atoms with Crippen LogP contribution in [0.5, 0.6) is 11.5 Å². The SMILES string of the molecule is O=C(NC1CCN(C(=O)c2cc(Cl)c3c(c2)OCO3)CC1)C1CC1. The number of piperidine rings is 1. The molecule has 128 valence electrons. The van der Waals surface area contributed by atoms with Gasteiger partial charge in [-0.25, -0.2) is 0 Å². The summed E-state index contributed by atoms with van der Waals surface area (Å²) in [6.45, 7) is 1.37. The average molecular weight is 351 g/mol. The molecule has 1 N–H and O–H groups in total. The lowest BCUT2D eigenvalue weighted by Gasteiger charge is -2.32. The van der Waals surface area contributed by atoms with Crippen molar-refractivity contribution in [2.75, 3.05) is 19.9 Å². The molecule has 2 fully saturated rings. The summed E-state index contributed by atoms with van der Waals surface area (Å²) < 4.78 is 10.6. The number of carbonyl (C=O) groups is 2. The highest BCUT2D eigenvalue weighted by molar-refractivity contribution is 6.32. The minimum Gasteiger partial charge on any atom is -0.454 e. The van der Waals surface area contributed by atoms with E-state index in [0.717, 1.165) is 25.7 Å². The average Bonchev–Trinajstić information content (AvgIpc) is 3.33. The number of nitrogens with one attached hydrogen (secondary N) is 1. The number of nitrogens with zero attached hydrogens (tertiary/aromatic N) is 1. The molecule has 0 atom stereocenters. The molecule has 2 aliphatic heterocycles. The van der Waals surface area contributed by atoms with Gasteiger partial charge < -0.3 is 19.7 Å². The van der Waals surface area contributed by atoms with Gasteiger partial charge in [-0.3, -0.25) is 9.59 Å². The van der Waals surface area contributed by atoms with Crippen LogP contribution in [0.2, 0.25) is 5.02 Å². The number of amides is 2. The summed E-state index contributed by atoms with van der Waals surface area (Å²) in [4.78, 5) is 26.3. The standard InChI is InChI=1S/C17H19ClN2O4/c18-13-7-11(8-14-15(13)24-9-23-14)17(22)20-5-3-12(4-6-20)19-16(21)10-1-2-10/h7-8,10,12H,1-6,9H2,(H,19,21). The molecule has 0 unspecified atom stereocenters. The minimum absolute atomic E-state index is 0.0674. The molecule has 7 heteroatoms. The maximum absolute atomic E-state index is 12.7. The largest absolute Gasteiger partial charge is 0.454 e. The number of carbonyl (C=O) groups excluding carboxylic acids is 2. The third-order valence-electron chi connectivity index (χ3n) is 4.75. The van der Waals surface area contributed by atoms with Crippen LogP contribution in [0, 0.1) is 5.92 Å². The molecule has 4 rings (SSSR count). The zero-order valence-corrected chi connectivity index (χ0v) is 14.0. The maximum Gasteiger partial charge on any atom is 0.254 e. The van der Waals surface area contributed by atoms with E-state index in [1.807, 2.05) is 0 Å². The fourth-order valence-corrected chi connectivity index (χ4v) is 3.43. The second-order valence-electron chi connectivity index (χ2n) is 6.54. The van der Waals surface area contributed by atoms with Crippen LogP contribution in [0.15, 0.2) is 12.1 Å². The first kappa shape index (κ1) is 15.6. The van der Waals surface area contributed by atoms with Gasteiger partial charge in [0, 0.05) is 30.6 Å². The Morgan fingerprint density at radius 2 is 1.88 bits per heavy atom. The predicted molar refractivity (Wildman–Crippen MR) is 87.4 cm³/mol. The predicted octanol–water partition coefficient (Wildman–Crippen LogP) is 2.20. The molecule has 0 aromatic heterocycles. The molecule has 0 radical (unpaired) electrons. The Balaban J connectivity index is 1.38. The van der Waals surface area contributed by atoms with Gasteiger partial charge in [-0.05, 0) is 37.8 Å². The van der Waals surface area contributed by atoms with Gasteiger partial charge in [0.1, 0.15) is 0 Å². The Morgan fingerprint density at radius 3 is 2.58 bits per heavy atom. The number of likely N-dealkylation sites (tertiary alicyclic amines) is 1. The second-order valence-corrected chi connectivity index (χ2v) is 6.95. The molecule has 3 aliphatic rings. The summed E-state index contributed by atoms with van der Waals surface area (Å²) in [5, 5.41) is 3.48. The van der Waals surface area contributed by atoms with Crippen LogP contribution < -0.4 is 14.8 Å². The van der Waals surface area contributed by atoms with E-state index >= 15 is 0 Å². The van der Waals surface area contributed by atoms with Crippen LogP contribution in [-0.4, -0.2) is 42.6 Å². The summed E-state index contributed by atoms with van der Waals surface area (Å²) in [6.07, 6.45) is 3.58. The monoisotopic (exact) mass is 350 g/mol. The summed E-state index contributed by atoms with van der Waals surface area (Å²) in [5.41, 5.74) is 0.504. The van der Waals surface area contributed by atoms with E-state index in [1.54, 1.807) is 17.0 Å². The van der Waals surface area contributed by atoms with Crippen molar-refractivity contribution in [3.63, 3.8) is 0 Å².